The van der Waals surface area contributed by atoms with Crippen molar-refractivity contribution >= 4 is 64.2 Å². The van der Waals surface area contributed by atoms with Crippen molar-refractivity contribution in [3.63, 3.8) is 0 Å². The van der Waals surface area contributed by atoms with Crippen LogP contribution in [0.1, 0.15) is 49.4 Å². The molecule has 5 nitrogen and oxygen atoms in total. The highest BCUT2D eigenvalue weighted by Crippen LogP contribution is 2.27. The molecule has 1 atom stereocenters. The molecule has 2 rings (SSSR count). The van der Waals surface area contributed by atoms with E-state index < -0.39 is 6.10 Å². The lowest BCUT2D eigenvalue weighted by Crippen LogP contribution is -2.38. The summed E-state index contributed by atoms with van der Waals surface area (Å²) in [5.74, 6) is 0.696. The molecule has 9 heteroatoms. The van der Waals surface area contributed by atoms with Crippen LogP contribution in [-0.2, 0) is 11.8 Å². The molecule has 0 saturated carbocycles. The van der Waals surface area contributed by atoms with Gasteiger partial charge in [-0.25, -0.2) is 4.98 Å². The van der Waals surface area contributed by atoms with Crippen molar-refractivity contribution in [1.29, 1.82) is 0 Å². The van der Waals surface area contributed by atoms with E-state index in [0.29, 0.717) is 10.3 Å². The minimum Gasteiger partial charge on any atom is -0.386 e. The van der Waals surface area contributed by atoms with Crippen LogP contribution < -0.4 is 10.6 Å². The monoisotopic (exact) mass is 542 g/mol. The minimum absolute atomic E-state index is 0. The molecule has 27 heavy (non-hydrogen) atoms. The van der Waals surface area contributed by atoms with E-state index in [0.717, 1.165) is 35.1 Å². The number of aromatic nitrogens is 1. The third-order valence-corrected chi connectivity index (χ3v) is 5.88. The normalized spacial score (nSPS) is 13.2. The van der Waals surface area contributed by atoms with Crippen molar-refractivity contribution in [2.45, 2.75) is 45.6 Å². The van der Waals surface area contributed by atoms with Gasteiger partial charge in [-0.1, -0.05) is 32.4 Å². The lowest BCUT2D eigenvalue weighted by atomic mass is 9.93. The first kappa shape index (κ1) is 24.6. The maximum absolute atomic E-state index is 10.2. The van der Waals surface area contributed by atoms with Crippen LogP contribution in [0, 0.1) is 0 Å². The van der Waals surface area contributed by atoms with Crippen LogP contribution in [0.3, 0.4) is 0 Å². The van der Waals surface area contributed by atoms with Gasteiger partial charge in [-0.05, 0) is 19.1 Å². The largest absolute Gasteiger partial charge is 0.386 e. The van der Waals surface area contributed by atoms with Crippen LogP contribution in [0.25, 0.3) is 0 Å². The number of rotatable bonds is 7. The van der Waals surface area contributed by atoms with E-state index in [1.165, 1.54) is 11.3 Å². The predicted octanol–water partition coefficient (Wildman–Crippen LogP) is 4.60. The maximum atomic E-state index is 10.2. The molecule has 0 bridgehead atoms. The Morgan fingerprint density at radius 2 is 2.07 bits per heavy atom. The molecule has 0 saturated heterocycles. The maximum Gasteiger partial charge on any atom is 0.191 e. The van der Waals surface area contributed by atoms with E-state index in [-0.39, 0.29) is 35.9 Å². The molecule has 152 valence electrons. The van der Waals surface area contributed by atoms with Crippen molar-refractivity contribution in [2.24, 2.45) is 4.99 Å². The zero-order valence-electron chi connectivity index (χ0n) is 16.1. The summed E-state index contributed by atoms with van der Waals surface area (Å²) in [5, 5.41) is 20.0. The molecule has 2 heterocycles. The van der Waals surface area contributed by atoms with Crippen LogP contribution >= 0.6 is 58.3 Å². The smallest absolute Gasteiger partial charge is 0.191 e. The van der Waals surface area contributed by atoms with Gasteiger partial charge in [0, 0.05) is 35.2 Å². The Morgan fingerprint density at radius 1 is 1.33 bits per heavy atom. The van der Waals surface area contributed by atoms with E-state index in [1.807, 2.05) is 13.0 Å². The molecule has 0 aliphatic carbocycles. The Hall–Kier alpha value is -0.420. The fourth-order valence-corrected chi connectivity index (χ4v) is 4.24. The summed E-state index contributed by atoms with van der Waals surface area (Å²) in [4.78, 5) is 10.00. The highest BCUT2D eigenvalue weighted by atomic mass is 127. The van der Waals surface area contributed by atoms with Crippen LogP contribution in [0.4, 0.5) is 0 Å². The average molecular weight is 543 g/mol. The summed E-state index contributed by atoms with van der Waals surface area (Å²) in [6.07, 6.45) is 0.199. The number of hydrogen-bond acceptors (Lipinski definition) is 5. The zero-order chi connectivity index (χ0) is 19.2. The van der Waals surface area contributed by atoms with Crippen LogP contribution in [-0.4, -0.2) is 35.7 Å². The van der Waals surface area contributed by atoms with Gasteiger partial charge in [-0.15, -0.1) is 46.7 Å². The number of nitrogens with one attached hydrogen (secondary N) is 2. The molecule has 1 unspecified atom stereocenters. The number of thiazole rings is 1. The SMILES string of the molecule is CCNC(=NCC(O)c1ccc(Cl)s1)NCCc1nc(C(C)(C)C)cs1.I. The topological polar surface area (TPSA) is 69.5 Å². The molecule has 0 aliphatic heterocycles. The lowest BCUT2D eigenvalue weighted by molar-refractivity contribution is 0.191. The number of aliphatic hydroxyl groups excluding tert-OH is 1. The highest BCUT2D eigenvalue weighted by molar-refractivity contribution is 14.0. The number of aliphatic imine (C=N–C) groups is 1. The number of thiophene rings is 1. The summed E-state index contributed by atoms with van der Waals surface area (Å²) >= 11 is 8.99. The van der Waals surface area contributed by atoms with Crippen molar-refractivity contribution in [3.05, 3.63) is 37.4 Å². The van der Waals surface area contributed by atoms with Crippen molar-refractivity contribution in [3.8, 4) is 0 Å². The first-order valence-corrected chi connectivity index (χ1v) is 10.8. The third kappa shape index (κ3) is 8.23. The molecule has 3 N–H and O–H groups in total. The molecular formula is C18H28ClIN4OS2. The zero-order valence-corrected chi connectivity index (χ0v) is 20.8. The second kappa shape index (κ2) is 11.5. The first-order valence-electron chi connectivity index (χ1n) is 8.70. The van der Waals surface area contributed by atoms with Crippen molar-refractivity contribution < 1.29 is 5.11 Å². The van der Waals surface area contributed by atoms with Gasteiger partial charge in [0.2, 0.25) is 0 Å². The third-order valence-electron chi connectivity index (χ3n) is 3.64. The molecule has 0 fully saturated rings. The van der Waals surface area contributed by atoms with Crippen molar-refractivity contribution in [1.82, 2.24) is 15.6 Å². The number of guanidine groups is 1. The molecular weight excluding hydrogens is 515 g/mol. The van der Waals surface area contributed by atoms with Crippen molar-refractivity contribution in [2.75, 3.05) is 19.6 Å². The molecule has 0 aliphatic rings. The van der Waals surface area contributed by atoms with Gasteiger partial charge in [0.15, 0.2) is 5.96 Å². The summed E-state index contributed by atoms with van der Waals surface area (Å²) < 4.78 is 0.672. The Bertz CT molecular complexity index is 727. The second-order valence-corrected chi connectivity index (χ2v) is 9.62. The average Bonchev–Trinajstić information content (AvgIpc) is 3.21. The van der Waals surface area contributed by atoms with Gasteiger partial charge in [-0.2, -0.15) is 0 Å². The fraction of sp³-hybridized carbons (Fsp3) is 0.556. The van der Waals surface area contributed by atoms with E-state index in [2.05, 4.69) is 41.8 Å². The molecule has 0 spiro atoms. The van der Waals surface area contributed by atoms with Crippen LogP contribution in [0.2, 0.25) is 4.34 Å². The lowest BCUT2D eigenvalue weighted by Gasteiger charge is -2.14. The number of hydrogen-bond donors (Lipinski definition) is 3. The first-order chi connectivity index (χ1) is 12.3. The number of aliphatic hydroxyl groups is 1. The van der Waals surface area contributed by atoms with Gasteiger partial charge >= 0.3 is 0 Å². The second-order valence-electron chi connectivity index (χ2n) is 6.93. The fourth-order valence-electron chi connectivity index (χ4n) is 2.17. The summed E-state index contributed by atoms with van der Waals surface area (Å²) in [6, 6.07) is 3.63. The summed E-state index contributed by atoms with van der Waals surface area (Å²) in [7, 11) is 0. The van der Waals surface area contributed by atoms with E-state index in [4.69, 9.17) is 16.6 Å². The number of halogens is 2. The Morgan fingerprint density at radius 3 is 2.63 bits per heavy atom. The van der Waals surface area contributed by atoms with E-state index in [9.17, 15) is 5.11 Å². The standard InChI is InChI=1S/C18H27ClN4OS2.HI/c1-5-20-17(22-10-12(24)13-6-7-15(19)26-13)21-9-8-16-23-14(11-25-16)18(2,3)4;/h6-7,11-12,24H,5,8-10H2,1-4H3,(H2,20,21,22);1H. The van der Waals surface area contributed by atoms with Gasteiger partial charge in [0.25, 0.3) is 0 Å². The Balaban J connectivity index is 0.00000364. The van der Waals surface area contributed by atoms with E-state index in [1.54, 1.807) is 17.4 Å². The van der Waals surface area contributed by atoms with Crippen LogP contribution in [0.15, 0.2) is 22.5 Å². The summed E-state index contributed by atoms with van der Waals surface area (Å²) in [5.41, 5.74) is 1.22. The van der Waals surface area contributed by atoms with Gasteiger partial charge in [-0.3, -0.25) is 4.99 Å². The number of nitrogens with zero attached hydrogens (tertiary/aromatic N) is 2. The molecule has 2 aromatic heterocycles. The van der Waals surface area contributed by atoms with Gasteiger partial charge < -0.3 is 15.7 Å². The molecule has 0 radical (unpaired) electrons. The quantitative estimate of drug-likeness (QED) is 0.272. The Labute approximate surface area is 191 Å². The molecule has 0 aromatic carbocycles. The van der Waals surface area contributed by atoms with Gasteiger partial charge in [0.1, 0.15) is 6.10 Å². The van der Waals surface area contributed by atoms with E-state index >= 15 is 0 Å². The predicted molar refractivity (Wildman–Crippen MR) is 128 cm³/mol. The Kier molecular flexibility index (Phi) is 10.5. The van der Waals surface area contributed by atoms with Crippen LogP contribution in [0.5, 0.6) is 0 Å². The van der Waals surface area contributed by atoms with Gasteiger partial charge in [0.05, 0.1) is 21.6 Å². The molecule has 0 amide bonds. The minimum atomic E-state index is -0.642. The summed E-state index contributed by atoms with van der Waals surface area (Å²) in [6.45, 7) is 10.3. The highest BCUT2D eigenvalue weighted by Gasteiger charge is 2.17. The molecule has 2 aromatic rings.